The predicted octanol–water partition coefficient (Wildman–Crippen LogP) is 1.50. The van der Waals surface area contributed by atoms with E-state index >= 15 is 0 Å². The number of ketones is 1. The van der Waals surface area contributed by atoms with Crippen molar-refractivity contribution in [2.75, 3.05) is 44.7 Å². The summed E-state index contributed by atoms with van der Waals surface area (Å²) in [5.41, 5.74) is 1.10. The molecule has 158 valence electrons. The smallest absolute Gasteiger partial charge is 0.237 e. The van der Waals surface area contributed by atoms with Gasteiger partial charge in [0.1, 0.15) is 5.75 Å². The summed E-state index contributed by atoms with van der Waals surface area (Å²) in [5.74, 6) is -0.751. The number of anilines is 1. The number of hydrogen-bond donors (Lipinski definition) is 0. The van der Waals surface area contributed by atoms with E-state index in [0.29, 0.717) is 0 Å². The van der Waals surface area contributed by atoms with E-state index in [1.165, 1.54) is 4.90 Å². The van der Waals surface area contributed by atoms with Crippen LogP contribution in [-0.2, 0) is 14.4 Å². The number of nitrogens with zero attached hydrogens (tertiary/aromatic N) is 3. The van der Waals surface area contributed by atoms with Crippen molar-refractivity contribution in [3.8, 4) is 5.75 Å². The second kappa shape index (κ2) is 8.44. The van der Waals surface area contributed by atoms with E-state index < -0.39 is 17.9 Å². The monoisotopic (exact) mass is 409 g/mol. The summed E-state index contributed by atoms with van der Waals surface area (Å²) >= 11 is 0. The number of imide groups is 1. The first-order valence-electron chi connectivity index (χ1n) is 10.4. The molecule has 0 saturated carbocycles. The third-order valence-corrected chi connectivity index (χ3v) is 6.20. The van der Waals surface area contributed by atoms with E-state index in [4.69, 9.17) is 4.74 Å². The maximum atomic E-state index is 12.9. The third-order valence-electron chi connectivity index (χ3n) is 6.20. The van der Waals surface area contributed by atoms with Crippen LogP contribution in [0.25, 0.3) is 0 Å². The van der Waals surface area contributed by atoms with E-state index in [0.717, 1.165) is 37.6 Å². The first-order valence-corrected chi connectivity index (χ1v) is 10.4. The van der Waals surface area contributed by atoms with E-state index in [2.05, 4.69) is 15.9 Å². The van der Waals surface area contributed by atoms with Crippen molar-refractivity contribution >= 4 is 23.3 Å². The summed E-state index contributed by atoms with van der Waals surface area (Å²) in [5, 5.41) is 0. The molecule has 2 amide bonds. The van der Waals surface area contributed by atoms with Gasteiger partial charge in [0.25, 0.3) is 0 Å². The summed E-state index contributed by atoms with van der Waals surface area (Å²) < 4.78 is 5.30. The molecule has 0 aromatic heterocycles. The minimum atomic E-state index is -0.742. The second-order valence-corrected chi connectivity index (χ2v) is 7.97. The number of carbonyl (C=O) groups is 3. The molecule has 2 heterocycles. The highest BCUT2D eigenvalue weighted by atomic mass is 16.5. The lowest BCUT2D eigenvalue weighted by Crippen LogP contribution is -2.51. The summed E-state index contributed by atoms with van der Waals surface area (Å²) in [6.45, 7) is 5.00. The molecular formula is C23H27N3O4. The molecule has 1 aromatic rings. The first-order chi connectivity index (χ1) is 14.5. The van der Waals surface area contributed by atoms with E-state index in [9.17, 15) is 14.4 Å². The fraction of sp³-hybridized carbons (Fsp3) is 0.435. The normalized spacial score (nSPS) is 24.9. The predicted molar refractivity (Wildman–Crippen MR) is 113 cm³/mol. The Balaban J connectivity index is 1.33. The van der Waals surface area contributed by atoms with Crippen LogP contribution in [0.15, 0.2) is 48.6 Å². The van der Waals surface area contributed by atoms with Crippen molar-refractivity contribution in [2.24, 2.45) is 11.8 Å². The van der Waals surface area contributed by atoms with Gasteiger partial charge in [-0.25, -0.2) is 0 Å². The molecule has 0 radical (unpaired) electrons. The third kappa shape index (κ3) is 3.77. The first kappa shape index (κ1) is 20.3. The van der Waals surface area contributed by atoms with Gasteiger partial charge in [-0.15, -0.1) is 0 Å². The lowest BCUT2D eigenvalue weighted by molar-refractivity contribution is -0.146. The second-order valence-electron chi connectivity index (χ2n) is 7.97. The molecule has 0 N–H and O–H groups in total. The Morgan fingerprint density at radius 3 is 2.30 bits per heavy atom. The number of allylic oxidation sites excluding steroid dienone is 2. The number of hydrogen-bond acceptors (Lipinski definition) is 6. The molecule has 3 atom stereocenters. The molecule has 1 aliphatic carbocycles. The molecule has 2 fully saturated rings. The van der Waals surface area contributed by atoms with Crippen molar-refractivity contribution in [2.45, 2.75) is 13.0 Å². The van der Waals surface area contributed by atoms with Crippen LogP contribution < -0.4 is 9.64 Å². The summed E-state index contributed by atoms with van der Waals surface area (Å²) in [7, 11) is 1.65. The minimum Gasteiger partial charge on any atom is -0.497 e. The quantitative estimate of drug-likeness (QED) is 0.664. The van der Waals surface area contributed by atoms with Gasteiger partial charge in [0.15, 0.2) is 5.78 Å². The van der Waals surface area contributed by atoms with Gasteiger partial charge in [0.05, 0.1) is 31.5 Å². The Morgan fingerprint density at radius 1 is 1.07 bits per heavy atom. The lowest BCUT2D eigenvalue weighted by atomic mass is 9.91. The molecule has 0 bridgehead atoms. The summed E-state index contributed by atoms with van der Waals surface area (Å²) in [6.07, 6.45) is 7.06. The molecular weight excluding hydrogens is 382 g/mol. The van der Waals surface area contributed by atoms with Gasteiger partial charge in [-0.3, -0.25) is 24.2 Å². The number of ether oxygens (including phenoxy) is 1. The largest absolute Gasteiger partial charge is 0.497 e. The SMILES string of the molecule is COc1cccc(N2CCN(CC(=O)C(C)N3C(=O)C4C=CC=CC4C3=O)CC2)c1. The molecule has 0 spiro atoms. The van der Waals surface area contributed by atoms with Crippen molar-refractivity contribution in [3.05, 3.63) is 48.6 Å². The van der Waals surface area contributed by atoms with Crippen LogP contribution in [0.2, 0.25) is 0 Å². The van der Waals surface area contributed by atoms with Gasteiger partial charge in [-0.05, 0) is 19.1 Å². The number of amides is 2. The van der Waals surface area contributed by atoms with Crippen LogP contribution in [0, 0.1) is 11.8 Å². The number of likely N-dealkylation sites (tertiary alicyclic amines) is 1. The van der Waals surface area contributed by atoms with E-state index in [-0.39, 0.29) is 24.1 Å². The van der Waals surface area contributed by atoms with Gasteiger partial charge in [-0.1, -0.05) is 30.4 Å². The highest BCUT2D eigenvalue weighted by molar-refractivity contribution is 6.10. The zero-order valence-corrected chi connectivity index (χ0v) is 17.4. The van der Waals surface area contributed by atoms with Crippen molar-refractivity contribution in [3.63, 3.8) is 0 Å². The molecule has 2 saturated heterocycles. The molecule has 3 unspecified atom stereocenters. The van der Waals surface area contributed by atoms with Crippen LogP contribution in [-0.4, -0.2) is 73.3 Å². The zero-order chi connectivity index (χ0) is 21.3. The minimum absolute atomic E-state index is 0.0989. The van der Waals surface area contributed by atoms with Crippen LogP contribution in [0.4, 0.5) is 5.69 Å². The fourth-order valence-corrected chi connectivity index (χ4v) is 4.36. The molecule has 7 heteroatoms. The Morgan fingerprint density at radius 2 is 1.70 bits per heavy atom. The number of piperazine rings is 1. The molecule has 3 aliphatic rings. The Bertz CT molecular complexity index is 871. The maximum absolute atomic E-state index is 12.9. The Hall–Kier alpha value is -2.93. The maximum Gasteiger partial charge on any atom is 0.237 e. The van der Waals surface area contributed by atoms with Gasteiger partial charge < -0.3 is 9.64 Å². The van der Waals surface area contributed by atoms with Crippen molar-refractivity contribution < 1.29 is 19.1 Å². The summed E-state index contributed by atoms with van der Waals surface area (Å²) in [6, 6.07) is 7.21. The van der Waals surface area contributed by atoms with Crippen LogP contribution in [0.1, 0.15) is 6.92 Å². The van der Waals surface area contributed by atoms with Gasteiger partial charge in [-0.2, -0.15) is 0 Å². The topological polar surface area (TPSA) is 70.2 Å². The number of rotatable bonds is 6. The average molecular weight is 409 g/mol. The molecule has 7 nitrogen and oxygen atoms in total. The van der Waals surface area contributed by atoms with Crippen molar-refractivity contribution in [1.82, 2.24) is 9.80 Å². The Kier molecular flexibility index (Phi) is 5.72. The number of fused-ring (bicyclic) bond motifs is 1. The van der Waals surface area contributed by atoms with Crippen molar-refractivity contribution in [1.29, 1.82) is 0 Å². The molecule has 1 aromatic carbocycles. The highest BCUT2D eigenvalue weighted by Gasteiger charge is 2.48. The van der Waals surface area contributed by atoms with Crippen LogP contribution >= 0.6 is 0 Å². The van der Waals surface area contributed by atoms with Crippen LogP contribution in [0.5, 0.6) is 5.75 Å². The van der Waals surface area contributed by atoms with Crippen LogP contribution in [0.3, 0.4) is 0 Å². The summed E-state index contributed by atoms with van der Waals surface area (Å²) in [4.78, 5) is 43.8. The van der Waals surface area contributed by atoms with Gasteiger partial charge >= 0.3 is 0 Å². The lowest BCUT2D eigenvalue weighted by Gasteiger charge is -2.36. The molecule has 30 heavy (non-hydrogen) atoms. The number of methoxy groups -OCH3 is 1. The number of Topliss-reactive ketones (excluding diaryl/α,β-unsaturated/α-hetero) is 1. The average Bonchev–Trinajstić information content (AvgIpc) is 3.04. The van der Waals surface area contributed by atoms with E-state index in [1.54, 1.807) is 38.3 Å². The number of carbonyl (C=O) groups excluding carboxylic acids is 3. The Labute approximate surface area is 176 Å². The zero-order valence-electron chi connectivity index (χ0n) is 17.4. The number of benzene rings is 1. The standard InChI is InChI=1S/C23H27N3O4/c1-16(26-22(28)19-8-3-4-9-20(19)23(26)29)21(27)15-24-10-12-25(13-11-24)17-6-5-7-18(14-17)30-2/h3-9,14,16,19-20H,10-13,15H2,1-2H3. The molecule has 4 rings (SSSR count). The highest BCUT2D eigenvalue weighted by Crippen LogP contribution is 2.32. The van der Waals surface area contributed by atoms with E-state index in [1.807, 2.05) is 18.2 Å². The van der Waals surface area contributed by atoms with Gasteiger partial charge in [0.2, 0.25) is 11.8 Å². The van der Waals surface area contributed by atoms with Gasteiger partial charge in [0, 0.05) is 37.9 Å². The molecule has 2 aliphatic heterocycles. The fourth-order valence-electron chi connectivity index (χ4n) is 4.36.